The molecule has 2 aromatic carbocycles. The largest absolute Gasteiger partial charge is 0.480 e. The number of nitrogens with zero attached hydrogens (tertiary/aromatic N) is 2. The predicted molar refractivity (Wildman–Crippen MR) is 118 cm³/mol. The number of para-hydroxylation sites is 1. The van der Waals surface area contributed by atoms with E-state index in [-0.39, 0.29) is 19.4 Å². The second-order valence-corrected chi connectivity index (χ2v) is 8.31. The molecule has 0 saturated carbocycles. The zero-order chi connectivity index (χ0) is 23.3. The van der Waals surface area contributed by atoms with E-state index in [0.717, 1.165) is 16.5 Å². The molecule has 32 heavy (non-hydrogen) atoms. The number of amides is 2. The first kappa shape index (κ1) is 22.9. The maximum atomic E-state index is 12.5. The Hall–Kier alpha value is -3.81. The number of carboxylic acids is 1. The van der Waals surface area contributed by atoms with E-state index in [1.165, 1.54) is 0 Å². The molecule has 0 bridgehead atoms. The molecule has 1 N–H and O–H groups in total. The number of imide groups is 1. The molecule has 0 aliphatic carbocycles. The molecular weight excluding hydrogens is 412 g/mol. The number of fused-ring (bicyclic) bond motifs is 1. The van der Waals surface area contributed by atoms with Crippen LogP contribution in [0.5, 0.6) is 0 Å². The Morgan fingerprint density at radius 2 is 1.75 bits per heavy atom. The lowest BCUT2D eigenvalue weighted by atomic mass is 10.0. The molecule has 8 nitrogen and oxygen atoms in total. The van der Waals surface area contributed by atoms with Crippen LogP contribution in [0.2, 0.25) is 0 Å². The minimum absolute atomic E-state index is 0.0743. The van der Waals surface area contributed by atoms with Crippen molar-refractivity contribution in [1.82, 2.24) is 9.63 Å². The Morgan fingerprint density at radius 3 is 2.38 bits per heavy atom. The number of rotatable bonds is 8. The van der Waals surface area contributed by atoms with Crippen LogP contribution in [0.25, 0.3) is 10.9 Å². The molecule has 0 unspecified atom stereocenters. The summed E-state index contributed by atoms with van der Waals surface area (Å²) in [5, 5.41) is 10.6. The Kier molecular flexibility index (Phi) is 6.82. The monoisotopic (exact) mass is 438 g/mol. The molecule has 8 heteroatoms. The highest BCUT2D eigenvalue weighted by Gasteiger charge is 2.32. The normalized spacial score (nSPS) is 12.2. The van der Waals surface area contributed by atoms with Gasteiger partial charge in [0.05, 0.1) is 5.52 Å². The number of carbonyl (C=O) groups excluding carboxylic acids is 2. The van der Waals surface area contributed by atoms with Gasteiger partial charge in [-0.3, -0.25) is 4.79 Å². The molecule has 1 aromatic heterocycles. The first-order valence-electron chi connectivity index (χ1n) is 10.1. The molecule has 0 spiro atoms. The van der Waals surface area contributed by atoms with Gasteiger partial charge in [0.1, 0.15) is 18.2 Å². The van der Waals surface area contributed by atoms with Gasteiger partial charge in [-0.2, -0.15) is 4.73 Å². The summed E-state index contributed by atoms with van der Waals surface area (Å²) in [5.74, 6) is -1.32. The van der Waals surface area contributed by atoms with Gasteiger partial charge in [0.25, 0.3) is 0 Å². The van der Waals surface area contributed by atoms with E-state index in [1.54, 1.807) is 35.2 Å². The van der Waals surface area contributed by atoms with E-state index in [1.807, 2.05) is 51.1 Å². The van der Waals surface area contributed by atoms with E-state index in [9.17, 15) is 19.5 Å². The summed E-state index contributed by atoms with van der Waals surface area (Å²) >= 11 is 0. The molecule has 0 aliphatic heterocycles. The van der Waals surface area contributed by atoms with E-state index in [0.29, 0.717) is 10.5 Å². The van der Waals surface area contributed by atoms with Gasteiger partial charge in [-0.05, 0) is 38.0 Å². The van der Waals surface area contributed by atoms with Crippen LogP contribution in [-0.2, 0) is 27.4 Å². The molecule has 3 aromatic rings. The third-order valence-corrected chi connectivity index (χ3v) is 4.70. The van der Waals surface area contributed by atoms with Crippen LogP contribution in [-0.4, -0.2) is 44.9 Å². The lowest BCUT2D eigenvalue weighted by Gasteiger charge is -2.23. The lowest BCUT2D eigenvalue weighted by Crippen LogP contribution is -2.45. The molecule has 0 saturated heterocycles. The van der Waals surface area contributed by atoms with Crippen molar-refractivity contribution in [1.29, 1.82) is 0 Å². The maximum Gasteiger partial charge on any atom is 0.417 e. The fraction of sp³-hybridized carbons (Fsp3) is 0.292. The molecule has 0 aliphatic rings. The van der Waals surface area contributed by atoms with Crippen molar-refractivity contribution < 1.29 is 29.1 Å². The van der Waals surface area contributed by atoms with Gasteiger partial charge < -0.3 is 14.7 Å². The van der Waals surface area contributed by atoms with Crippen LogP contribution in [0.3, 0.4) is 0 Å². The number of carboxylic acid groups (broad SMARTS) is 1. The maximum absolute atomic E-state index is 12.5. The molecule has 168 valence electrons. The number of aromatic nitrogens is 1. The zero-order valence-electron chi connectivity index (χ0n) is 18.2. The summed E-state index contributed by atoms with van der Waals surface area (Å²) in [4.78, 5) is 42.7. The van der Waals surface area contributed by atoms with Crippen LogP contribution >= 0.6 is 0 Å². The summed E-state index contributed by atoms with van der Waals surface area (Å²) in [6.45, 7) is 5.63. The van der Waals surface area contributed by atoms with E-state index in [2.05, 4.69) is 0 Å². The smallest absolute Gasteiger partial charge is 0.417 e. The van der Waals surface area contributed by atoms with Crippen molar-refractivity contribution in [2.45, 2.75) is 45.4 Å². The fourth-order valence-corrected chi connectivity index (χ4v) is 3.30. The summed E-state index contributed by atoms with van der Waals surface area (Å²) in [6.07, 6.45) is 0.752. The van der Waals surface area contributed by atoms with Crippen molar-refractivity contribution in [2.75, 3.05) is 0 Å². The first-order valence-corrected chi connectivity index (χ1v) is 10.1. The van der Waals surface area contributed by atoms with Crippen molar-refractivity contribution >= 4 is 29.4 Å². The highest BCUT2D eigenvalue weighted by Crippen LogP contribution is 2.24. The van der Waals surface area contributed by atoms with Gasteiger partial charge in [0.2, 0.25) is 6.41 Å². The summed E-state index contributed by atoms with van der Waals surface area (Å²) < 4.78 is 6.76. The van der Waals surface area contributed by atoms with Gasteiger partial charge in [-0.25, -0.2) is 14.5 Å². The van der Waals surface area contributed by atoms with Crippen LogP contribution in [0.15, 0.2) is 60.8 Å². The van der Waals surface area contributed by atoms with Crippen LogP contribution in [0.1, 0.15) is 31.9 Å². The average Bonchev–Trinajstić information content (AvgIpc) is 3.08. The first-order chi connectivity index (χ1) is 15.2. The molecule has 3 rings (SSSR count). The number of hydrogen-bond acceptors (Lipinski definition) is 5. The summed E-state index contributed by atoms with van der Waals surface area (Å²) in [5.41, 5.74) is 1.62. The Labute approximate surface area is 185 Å². The molecule has 1 atom stereocenters. The third-order valence-electron chi connectivity index (χ3n) is 4.70. The van der Waals surface area contributed by atoms with Gasteiger partial charge in [-0.1, -0.05) is 48.5 Å². The minimum atomic E-state index is -1.44. The standard InChI is InChI=1S/C24H26N2O6/c1-24(2,3)32-26-14-18(19-11-7-8-12-20(19)26)13-21(22(28)29)25(16-27)23(30)31-15-17-9-5-4-6-10-17/h4-12,14,16,21H,13,15H2,1-3H3,(H,28,29)/t21-/m0/s1. The van der Waals surface area contributed by atoms with Gasteiger partial charge in [-0.15, -0.1) is 0 Å². The van der Waals surface area contributed by atoms with Crippen molar-refractivity contribution in [3.63, 3.8) is 0 Å². The van der Waals surface area contributed by atoms with Gasteiger partial charge in [0, 0.05) is 18.0 Å². The highest BCUT2D eigenvalue weighted by atomic mass is 16.7. The second-order valence-electron chi connectivity index (χ2n) is 8.31. The van der Waals surface area contributed by atoms with Crippen molar-refractivity contribution in [3.05, 3.63) is 71.9 Å². The topological polar surface area (TPSA) is 98.1 Å². The predicted octanol–water partition coefficient (Wildman–Crippen LogP) is 3.66. The SMILES string of the molecule is CC(C)(C)On1cc(C[C@@H](C(=O)O)N(C=O)C(=O)OCc2ccccc2)c2ccccc21. The summed E-state index contributed by atoms with van der Waals surface area (Å²) in [7, 11) is 0. The highest BCUT2D eigenvalue weighted by molar-refractivity contribution is 5.90. The Balaban J connectivity index is 1.85. The average molecular weight is 438 g/mol. The van der Waals surface area contributed by atoms with Gasteiger partial charge >= 0.3 is 12.1 Å². The van der Waals surface area contributed by atoms with Crippen LogP contribution in [0, 0.1) is 0 Å². The third kappa shape index (κ3) is 5.46. The van der Waals surface area contributed by atoms with Crippen molar-refractivity contribution in [2.24, 2.45) is 0 Å². The number of aliphatic carboxylic acids is 1. The number of ether oxygens (including phenoxy) is 1. The van der Waals surface area contributed by atoms with E-state index >= 15 is 0 Å². The number of hydrogen-bond donors (Lipinski definition) is 1. The molecule has 0 radical (unpaired) electrons. The molecule has 1 heterocycles. The van der Waals surface area contributed by atoms with E-state index in [4.69, 9.17) is 9.57 Å². The van der Waals surface area contributed by atoms with E-state index < -0.39 is 23.7 Å². The summed E-state index contributed by atoms with van der Waals surface area (Å²) in [6, 6.07) is 14.8. The molecule has 2 amide bonds. The minimum Gasteiger partial charge on any atom is -0.480 e. The Bertz CT molecular complexity index is 1100. The quantitative estimate of drug-likeness (QED) is 0.539. The molecular formula is C24H26N2O6. The van der Waals surface area contributed by atoms with Crippen LogP contribution in [0.4, 0.5) is 4.79 Å². The zero-order valence-corrected chi connectivity index (χ0v) is 18.2. The second kappa shape index (κ2) is 9.55. The number of benzene rings is 2. The lowest BCUT2D eigenvalue weighted by molar-refractivity contribution is -0.145. The Morgan fingerprint density at radius 1 is 1.09 bits per heavy atom. The van der Waals surface area contributed by atoms with Crippen molar-refractivity contribution in [3.8, 4) is 0 Å². The fourth-order valence-electron chi connectivity index (χ4n) is 3.30. The van der Waals surface area contributed by atoms with Crippen LogP contribution < -0.4 is 4.84 Å². The molecule has 0 fully saturated rings. The van der Waals surface area contributed by atoms with Gasteiger partial charge in [0.15, 0.2) is 0 Å². The number of carbonyl (C=O) groups is 3.